The molecular weight excluding hydrogens is 539 g/mol. The summed E-state index contributed by atoms with van der Waals surface area (Å²) in [6, 6.07) is 22.6. The van der Waals surface area contributed by atoms with E-state index in [9.17, 15) is 16.8 Å². The Morgan fingerprint density at radius 1 is 0.528 bits per heavy atom. The van der Waals surface area contributed by atoms with Crippen LogP contribution in [0.25, 0.3) is 11.1 Å². The number of rotatable bonds is 7. The first-order valence-electron chi connectivity index (χ1n) is 10.7. The quantitative estimate of drug-likeness (QED) is 0.257. The predicted molar refractivity (Wildman–Crippen MR) is 146 cm³/mol. The Balaban J connectivity index is 1.55. The van der Waals surface area contributed by atoms with Crippen molar-refractivity contribution in [1.82, 2.24) is 0 Å². The largest absolute Gasteiger partial charge is 0.279 e. The Morgan fingerprint density at radius 2 is 0.861 bits per heavy atom. The second-order valence-electron chi connectivity index (χ2n) is 8.18. The monoisotopic (exact) mass is 560 g/mol. The first-order valence-corrected chi connectivity index (χ1v) is 14.5. The number of hydrogen-bond donors (Lipinski definition) is 2. The molecule has 2 N–H and O–H groups in total. The third-order valence-corrected chi connectivity index (χ3v) is 8.79. The first-order chi connectivity index (χ1) is 16.9. The van der Waals surface area contributed by atoms with Crippen LogP contribution >= 0.6 is 23.2 Å². The second kappa shape index (κ2) is 10.1. The molecule has 0 atom stereocenters. The van der Waals surface area contributed by atoms with Crippen molar-refractivity contribution < 1.29 is 16.8 Å². The maximum Gasteiger partial charge on any atom is 0.261 e. The second-order valence-corrected chi connectivity index (χ2v) is 12.4. The van der Waals surface area contributed by atoms with E-state index in [1.807, 2.05) is 26.0 Å². The minimum atomic E-state index is -3.77. The molecule has 0 bridgehead atoms. The summed E-state index contributed by atoms with van der Waals surface area (Å²) in [5.74, 6) is 0. The standard InChI is InChI=1S/C26H22Cl2N2O4S2/c1-17-15-19(3-13-25(17)29-35(31,32)23-9-5-21(27)6-10-23)20-4-14-26(18(2)16-20)30-36(33,34)24-11-7-22(28)8-12-24/h3-16,29-30H,1-2H3. The van der Waals surface area contributed by atoms with Gasteiger partial charge in [0.15, 0.2) is 0 Å². The highest BCUT2D eigenvalue weighted by atomic mass is 35.5. The molecule has 0 fully saturated rings. The van der Waals surface area contributed by atoms with E-state index in [4.69, 9.17) is 23.2 Å². The van der Waals surface area contributed by atoms with Gasteiger partial charge in [-0.25, -0.2) is 16.8 Å². The van der Waals surface area contributed by atoms with Gasteiger partial charge in [0.1, 0.15) is 0 Å². The van der Waals surface area contributed by atoms with Gasteiger partial charge < -0.3 is 0 Å². The number of sulfonamides is 2. The van der Waals surface area contributed by atoms with Crippen molar-refractivity contribution in [2.75, 3.05) is 9.44 Å². The zero-order chi connectivity index (χ0) is 26.1. The normalized spacial score (nSPS) is 11.8. The molecule has 0 aromatic heterocycles. The summed E-state index contributed by atoms with van der Waals surface area (Å²) >= 11 is 11.7. The molecule has 0 saturated heterocycles. The van der Waals surface area contributed by atoms with Crippen molar-refractivity contribution in [2.45, 2.75) is 23.6 Å². The minimum absolute atomic E-state index is 0.114. The lowest BCUT2D eigenvalue weighted by molar-refractivity contribution is 0.599. The summed E-state index contributed by atoms with van der Waals surface area (Å²) in [6.45, 7) is 3.62. The van der Waals surface area contributed by atoms with Gasteiger partial charge in [0.2, 0.25) is 0 Å². The number of aryl methyl sites for hydroxylation is 2. The molecule has 4 aromatic rings. The third kappa shape index (κ3) is 5.84. The van der Waals surface area contributed by atoms with Gasteiger partial charge in [0.25, 0.3) is 20.0 Å². The lowest BCUT2D eigenvalue weighted by atomic mass is 10.0. The predicted octanol–water partition coefficient (Wildman–Crippen LogP) is 6.88. The van der Waals surface area contributed by atoms with Crippen LogP contribution in [-0.2, 0) is 20.0 Å². The average Bonchev–Trinajstić information content (AvgIpc) is 2.82. The fourth-order valence-electron chi connectivity index (χ4n) is 3.55. The molecule has 0 unspecified atom stereocenters. The van der Waals surface area contributed by atoms with Crippen molar-refractivity contribution in [3.05, 3.63) is 106 Å². The lowest BCUT2D eigenvalue weighted by Gasteiger charge is -2.14. The summed E-state index contributed by atoms with van der Waals surface area (Å²) in [5.41, 5.74) is 4.09. The van der Waals surface area contributed by atoms with Gasteiger partial charge in [-0.1, -0.05) is 35.3 Å². The van der Waals surface area contributed by atoms with Crippen molar-refractivity contribution in [3.63, 3.8) is 0 Å². The highest BCUT2D eigenvalue weighted by molar-refractivity contribution is 7.93. The molecule has 0 amide bonds. The fourth-order valence-corrected chi connectivity index (χ4v) is 6.06. The Kier molecular flexibility index (Phi) is 7.33. The van der Waals surface area contributed by atoms with Crippen LogP contribution in [0.4, 0.5) is 11.4 Å². The van der Waals surface area contributed by atoms with E-state index >= 15 is 0 Å². The first kappa shape index (κ1) is 26.0. The van der Waals surface area contributed by atoms with Crippen LogP contribution in [0, 0.1) is 13.8 Å². The molecule has 0 heterocycles. The van der Waals surface area contributed by atoms with Gasteiger partial charge >= 0.3 is 0 Å². The molecule has 4 aromatic carbocycles. The van der Waals surface area contributed by atoms with E-state index in [1.165, 1.54) is 48.5 Å². The number of hydrogen-bond acceptors (Lipinski definition) is 4. The number of halogens is 2. The van der Waals surface area contributed by atoms with Crippen LogP contribution in [0.15, 0.2) is 94.7 Å². The molecular formula is C26H22Cl2N2O4S2. The Bertz CT molecular complexity index is 1510. The summed E-state index contributed by atoms with van der Waals surface area (Å²) in [6.07, 6.45) is 0. The van der Waals surface area contributed by atoms with Gasteiger partial charge in [0, 0.05) is 10.0 Å². The van der Waals surface area contributed by atoms with Crippen LogP contribution in [0.5, 0.6) is 0 Å². The molecule has 0 aliphatic rings. The van der Waals surface area contributed by atoms with Gasteiger partial charge in [-0.2, -0.15) is 0 Å². The van der Waals surface area contributed by atoms with Crippen LogP contribution in [-0.4, -0.2) is 16.8 Å². The topological polar surface area (TPSA) is 92.3 Å². The minimum Gasteiger partial charge on any atom is -0.279 e. The molecule has 0 aliphatic carbocycles. The van der Waals surface area contributed by atoms with Crippen molar-refractivity contribution in [1.29, 1.82) is 0 Å². The smallest absolute Gasteiger partial charge is 0.261 e. The van der Waals surface area contributed by atoms with Gasteiger partial charge in [-0.15, -0.1) is 0 Å². The summed E-state index contributed by atoms with van der Waals surface area (Å²) in [5, 5.41) is 0.905. The Hall–Kier alpha value is -3.04. The van der Waals surface area contributed by atoms with Crippen LogP contribution in [0.1, 0.15) is 11.1 Å². The molecule has 186 valence electrons. The summed E-state index contributed by atoms with van der Waals surface area (Å²) in [7, 11) is -7.53. The van der Waals surface area contributed by atoms with E-state index in [0.717, 1.165) is 22.3 Å². The highest BCUT2D eigenvalue weighted by Crippen LogP contribution is 2.30. The van der Waals surface area contributed by atoms with E-state index in [0.29, 0.717) is 21.4 Å². The third-order valence-electron chi connectivity index (χ3n) is 5.52. The Morgan fingerprint density at radius 3 is 1.17 bits per heavy atom. The molecule has 10 heteroatoms. The number of benzene rings is 4. The van der Waals surface area contributed by atoms with E-state index in [2.05, 4.69) is 9.44 Å². The summed E-state index contributed by atoms with van der Waals surface area (Å²) in [4.78, 5) is 0.227. The van der Waals surface area contributed by atoms with Crippen LogP contribution in [0.3, 0.4) is 0 Å². The highest BCUT2D eigenvalue weighted by Gasteiger charge is 2.17. The van der Waals surface area contributed by atoms with Gasteiger partial charge in [-0.05, 0) is 109 Å². The van der Waals surface area contributed by atoms with E-state index in [-0.39, 0.29) is 9.79 Å². The molecule has 4 rings (SSSR count). The zero-order valence-corrected chi connectivity index (χ0v) is 22.4. The van der Waals surface area contributed by atoms with E-state index < -0.39 is 20.0 Å². The van der Waals surface area contributed by atoms with Crippen molar-refractivity contribution in [2.24, 2.45) is 0 Å². The van der Waals surface area contributed by atoms with E-state index in [1.54, 1.807) is 24.3 Å². The number of nitrogens with one attached hydrogen (secondary N) is 2. The lowest BCUT2D eigenvalue weighted by Crippen LogP contribution is -2.14. The van der Waals surface area contributed by atoms with Crippen molar-refractivity contribution in [3.8, 4) is 11.1 Å². The Labute approximate surface area is 221 Å². The number of anilines is 2. The SMILES string of the molecule is Cc1cc(-c2ccc(NS(=O)(=O)c3ccc(Cl)cc3)c(C)c2)ccc1NS(=O)(=O)c1ccc(Cl)cc1. The molecule has 6 nitrogen and oxygen atoms in total. The molecule has 0 aliphatic heterocycles. The molecule has 0 spiro atoms. The zero-order valence-electron chi connectivity index (χ0n) is 19.3. The molecule has 36 heavy (non-hydrogen) atoms. The molecule has 0 radical (unpaired) electrons. The van der Waals surface area contributed by atoms with Crippen molar-refractivity contribution >= 4 is 54.6 Å². The van der Waals surface area contributed by atoms with Crippen LogP contribution < -0.4 is 9.44 Å². The maximum absolute atomic E-state index is 12.7. The average molecular weight is 562 g/mol. The molecule has 0 saturated carbocycles. The van der Waals surface area contributed by atoms with Gasteiger partial charge in [0.05, 0.1) is 21.2 Å². The van der Waals surface area contributed by atoms with Gasteiger partial charge in [-0.3, -0.25) is 9.44 Å². The maximum atomic E-state index is 12.7. The van der Waals surface area contributed by atoms with Crippen LogP contribution in [0.2, 0.25) is 10.0 Å². The fraction of sp³-hybridized carbons (Fsp3) is 0.0769. The summed E-state index contributed by atoms with van der Waals surface area (Å²) < 4.78 is 56.1.